The van der Waals surface area contributed by atoms with Crippen LogP contribution in [0.3, 0.4) is 0 Å². The molecule has 0 radical (unpaired) electrons. The molecule has 0 heterocycles. The zero-order valence-corrected chi connectivity index (χ0v) is 18.3. The largest absolute Gasteiger partial charge is 0.507 e. The maximum absolute atomic E-state index is 13.3. The van der Waals surface area contributed by atoms with Crippen molar-refractivity contribution in [3.8, 4) is 17.2 Å². The molecule has 3 aromatic rings. The van der Waals surface area contributed by atoms with Crippen LogP contribution in [0.4, 0.5) is 18.9 Å². The number of hydrogen-bond donors (Lipinski definition) is 1. The van der Waals surface area contributed by atoms with Gasteiger partial charge in [-0.15, -0.1) is 0 Å². The summed E-state index contributed by atoms with van der Waals surface area (Å²) in [5.41, 5.74) is -0.657. The number of nitrogens with zero attached hydrogens (tertiary/aromatic N) is 1. The van der Waals surface area contributed by atoms with E-state index in [-0.39, 0.29) is 40.7 Å². The first-order chi connectivity index (χ1) is 15.2. The van der Waals surface area contributed by atoms with Gasteiger partial charge in [0.15, 0.2) is 5.75 Å². The van der Waals surface area contributed by atoms with Gasteiger partial charge in [-0.1, -0.05) is 28.1 Å². The Morgan fingerprint density at radius 3 is 2.56 bits per heavy atom. The van der Waals surface area contributed by atoms with E-state index in [0.29, 0.717) is 4.47 Å². The Kier molecular flexibility index (Phi) is 7.19. The zero-order valence-electron chi connectivity index (χ0n) is 16.7. The SMILES string of the molecule is CCOC(=O)c1ccccc1Oc1ccc(C(F)(F)F)cc1N=Cc1cc(Br)ccc1O. The van der Waals surface area contributed by atoms with E-state index < -0.39 is 17.7 Å². The number of benzene rings is 3. The Hall–Kier alpha value is -3.33. The van der Waals surface area contributed by atoms with Crippen molar-refractivity contribution in [2.45, 2.75) is 13.1 Å². The van der Waals surface area contributed by atoms with Crippen molar-refractivity contribution in [1.29, 1.82) is 0 Å². The van der Waals surface area contributed by atoms with Crippen molar-refractivity contribution in [1.82, 2.24) is 0 Å². The highest BCUT2D eigenvalue weighted by atomic mass is 79.9. The van der Waals surface area contributed by atoms with Crippen molar-refractivity contribution in [2.24, 2.45) is 4.99 Å². The quantitative estimate of drug-likeness (QED) is 0.291. The summed E-state index contributed by atoms with van der Waals surface area (Å²) in [6, 6.07) is 13.6. The number of aromatic hydroxyl groups is 1. The lowest BCUT2D eigenvalue weighted by atomic mass is 10.1. The molecule has 1 N–H and O–H groups in total. The summed E-state index contributed by atoms with van der Waals surface area (Å²) >= 11 is 3.26. The number of esters is 1. The molecule has 0 atom stereocenters. The Morgan fingerprint density at radius 1 is 1.09 bits per heavy atom. The fourth-order valence-corrected chi connectivity index (χ4v) is 3.08. The summed E-state index contributed by atoms with van der Waals surface area (Å²) in [6.45, 7) is 1.81. The number of phenols is 1. The number of para-hydroxylation sites is 1. The van der Waals surface area contributed by atoms with E-state index in [0.717, 1.165) is 18.2 Å². The van der Waals surface area contributed by atoms with Gasteiger partial charge in [0.25, 0.3) is 0 Å². The van der Waals surface area contributed by atoms with Gasteiger partial charge in [0.2, 0.25) is 0 Å². The van der Waals surface area contributed by atoms with Gasteiger partial charge in [-0.2, -0.15) is 13.2 Å². The summed E-state index contributed by atoms with van der Waals surface area (Å²) in [4.78, 5) is 16.3. The number of alkyl halides is 3. The average molecular weight is 508 g/mol. The summed E-state index contributed by atoms with van der Waals surface area (Å²) in [7, 11) is 0. The van der Waals surface area contributed by atoms with Gasteiger partial charge in [0.05, 0.1) is 12.2 Å². The van der Waals surface area contributed by atoms with Crippen LogP contribution in [0.1, 0.15) is 28.4 Å². The van der Waals surface area contributed by atoms with Crippen LogP contribution in [0.2, 0.25) is 0 Å². The molecule has 5 nitrogen and oxygen atoms in total. The first kappa shape index (κ1) is 23.3. The molecule has 0 spiro atoms. The van der Waals surface area contributed by atoms with Crippen LogP contribution in [0.5, 0.6) is 17.2 Å². The first-order valence-corrected chi connectivity index (χ1v) is 10.2. The maximum Gasteiger partial charge on any atom is 0.416 e. The molecule has 0 bridgehead atoms. The molecule has 0 aliphatic rings. The van der Waals surface area contributed by atoms with Crippen molar-refractivity contribution in [3.05, 3.63) is 81.8 Å². The third kappa shape index (κ3) is 5.67. The molecule has 3 aromatic carbocycles. The zero-order chi connectivity index (χ0) is 23.3. The van der Waals surface area contributed by atoms with Gasteiger partial charge in [-0.3, -0.25) is 4.99 Å². The summed E-state index contributed by atoms with van der Waals surface area (Å²) < 4.78 is 51.2. The van der Waals surface area contributed by atoms with Crippen LogP contribution in [0.25, 0.3) is 0 Å². The van der Waals surface area contributed by atoms with E-state index in [4.69, 9.17) is 9.47 Å². The predicted molar refractivity (Wildman–Crippen MR) is 117 cm³/mol. The molecule has 0 unspecified atom stereocenters. The molecule has 9 heteroatoms. The molecule has 0 fully saturated rings. The Bertz CT molecular complexity index is 1160. The fourth-order valence-electron chi connectivity index (χ4n) is 2.70. The smallest absolute Gasteiger partial charge is 0.416 e. The number of rotatable bonds is 6. The van der Waals surface area contributed by atoms with Gasteiger partial charge < -0.3 is 14.6 Å². The molecule has 0 aliphatic carbocycles. The Balaban J connectivity index is 2.04. The molecule has 0 aromatic heterocycles. The van der Waals surface area contributed by atoms with Crippen molar-refractivity contribution < 1.29 is 32.5 Å². The minimum Gasteiger partial charge on any atom is -0.507 e. The van der Waals surface area contributed by atoms with Crippen LogP contribution in [0, 0.1) is 0 Å². The fraction of sp³-hybridized carbons (Fsp3) is 0.130. The molecule has 3 rings (SSSR count). The molecule has 32 heavy (non-hydrogen) atoms. The van der Waals surface area contributed by atoms with Crippen molar-refractivity contribution in [2.75, 3.05) is 6.61 Å². The van der Waals surface area contributed by atoms with Gasteiger partial charge in [0.1, 0.15) is 22.7 Å². The lowest BCUT2D eigenvalue weighted by Gasteiger charge is -2.14. The molecular formula is C23H17BrF3NO4. The third-order valence-corrected chi connectivity index (χ3v) is 4.71. The van der Waals surface area contributed by atoms with Crippen LogP contribution in [0.15, 0.2) is 70.1 Å². The van der Waals surface area contributed by atoms with E-state index in [2.05, 4.69) is 20.9 Å². The summed E-state index contributed by atoms with van der Waals surface area (Å²) in [6.07, 6.45) is -3.37. The number of hydrogen-bond acceptors (Lipinski definition) is 5. The molecular weight excluding hydrogens is 491 g/mol. The highest BCUT2D eigenvalue weighted by molar-refractivity contribution is 9.10. The monoisotopic (exact) mass is 507 g/mol. The normalized spacial score (nSPS) is 11.5. The lowest BCUT2D eigenvalue weighted by Crippen LogP contribution is -2.07. The van der Waals surface area contributed by atoms with Crippen molar-refractivity contribution >= 4 is 33.8 Å². The minimum absolute atomic E-state index is 0.0134. The van der Waals surface area contributed by atoms with Gasteiger partial charge >= 0.3 is 12.1 Å². The van der Waals surface area contributed by atoms with Crippen LogP contribution in [-0.4, -0.2) is 23.9 Å². The second-order valence-corrected chi connectivity index (χ2v) is 7.38. The highest BCUT2D eigenvalue weighted by Gasteiger charge is 2.31. The number of carbonyl (C=O) groups is 1. The van der Waals surface area contributed by atoms with E-state index >= 15 is 0 Å². The van der Waals surface area contributed by atoms with Crippen LogP contribution in [-0.2, 0) is 10.9 Å². The molecule has 0 saturated carbocycles. The predicted octanol–water partition coefficient (Wildman–Crippen LogP) is 6.89. The van der Waals surface area contributed by atoms with E-state index in [1.807, 2.05) is 0 Å². The molecule has 0 aliphatic heterocycles. The number of carbonyl (C=O) groups excluding carboxylic acids is 1. The highest BCUT2D eigenvalue weighted by Crippen LogP contribution is 2.39. The standard InChI is InChI=1S/C23H17BrF3NO4/c1-2-31-22(30)17-5-3-4-6-20(17)32-21-10-7-15(23(25,26)27)12-18(21)28-13-14-11-16(24)8-9-19(14)29/h3-13,29H,2H2,1H3. The Labute approximate surface area is 190 Å². The lowest BCUT2D eigenvalue weighted by molar-refractivity contribution is -0.137. The molecule has 0 amide bonds. The second kappa shape index (κ2) is 9.86. The van der Waals surface area contributed by atoms with E-state index in [1.165, 1.54) is 24.4 Å². The van der Waals surface area contributed by atoms with Gasteiger partial charge in [0, 0.05) is 16.3 Å². The Morgan fingerprint density at radius 2 is 1.84 bits per heavy atom. The number of halogens is 4. The number of phenolic OH excluding ortho intramolecular Hbond substituents is 1. The second-order valence-electron chi connectivity index (χ2n) is 6.46. The maximum atomic E-state index is 13.3. The minimum atomic E-state index is -4.59. The molecule has 0 saturated heterocycles. The van der Waals surface area contributed by atoms with Crippen LogP contribution < -0.4 is 4.74 Å². The van der Waals surface area contributed by atoms with Gasteiger partial charge in [-0.25, -0.2) is 4.79 Å². The number of ether oxygens (including phenoxy) is 2. The van der Waals surface area contributed by atoms with Crippen LogP contribution >= 0.6 is 15.9 Å². The topological polar surface area (TPSA) is 68.1 Å². The summed E-state index contributed by atoms with van der Waals surface area (Å²) in [5.74, 6) is -0.633. The average Bonchev–Trinajstić information content (AvgIpc) is 2.75. The summed E-state index contributed by atoms with van der Waals surface area (Å²) in [5, 5.41) is 9.97. The van der Waals surface area contributed by atoms with Gasteiger partial charge in [-0.05, 0) is 55.5 Å². The van der Waals surface area contributed by atoms with Crippen molar-refractivity contribution in [3.63, 3.8) is 0 Å². The molecule has 166 valence electrons. The third-order valence-electron chi connectivity index (χ3n) is 4.22. The number of aliphatic imine (C=N–C) groups is 1. The van der Waals surface area contributed by atoms with E-state index in [1.54, 1.807) is 31.2 Å². The van der Waals surface area contributed by atoms with E-state index in [9.17, 15) is 23.1 Å². The first-order valence-electron chi connectivity index (χ1n) is 9.37.